The second-order valence-electron chi connectivity index (χ2n) is 9.63. The van der Waals surface area contributed by atoms with Gasteiger partial charge in [0.1, 0.15) is 40.5 Å². The summed E-state index contributed by atoms with van der Waals surface area (Å²) >= 11 is 0. The van der Waals surface area contributed by atoms with E-state index < -0.39 is 74.9 Å². The number of nitrogens with two attached hydrogens (primary N) is 2. The molecule has 1 atom stereocenters. The third kappa shape index (κ3) is 7.02. The number of halogens is 4. The van der Waals surface area contributed by atoms with Crippen molar-refractivity contribution < 1.29 is 36.6 Å². The van der Waals surface area contributed by atoms with Crippen LogP contribution in [0.4, 0.5) is 23.4 Å². The molecule has 3 aromatic rings. The van der Waals surface area contributed by atoms with Crippen LogP contribution >= 0.6 is 0 Å². The molecule has 0 aliphatic heterocycles. The maximum atomic E-state index is 15.0. The van der Waals surface area contributed by atoms with Gasteiger partial charge >= 0.3 is 5.97 Å². The van der Waals surface area contributed by atoms with Gasteiger partial charge in [-0.2, -0.15) is 0 Å². The van der Waals surface area contributed by atoms with Gasteiger partial charge in [0.25, 0.3) is 5.56 Å². The molecule has 0 fully saturated rings. The van der Waals surface area contributed by atoms with E-state index in [2.05, 4.69) is 0 Å². The molecule has 12 heteroatoms. The van der Waals surface area contributed by atoms with E-state index in [-0.39, 0.29) is 25.2 Å². The Morgan fingerprint density at radius 1 is 0.949 bits per heavy atom. The maximum absolute atomic E-state index is 15.0. The van der Waals surface area contributed by atoms with Gasteiger partial charge < -0.3 is 20.9 Å². The zero-order valence-electron chi connectivity index (χ0n) is 21.4. The fourth-order valence-corrected chi connectivity index (χ4v) is 3.62. The highest BCUT2D eigenvalue weighted by Gasteiger charge is 2.24. The van der Waals surface area contributed by atoms with Crippen molar-refractivity contribution in [3.8, 4) is 11.4 Å². The minimum Gasteiger partial charge on any atom is -0.493 e. The molecule has 1 heterocycles. The minimum absolute atomic E-state index is 0.0377. The normalized spacial score (nSPS) is 12.2. The standard InChI is InChI=1S/C27H27F4N3O5/c1-27(2,3)39-26(37)21(32)5-4-10-38-15-12-19(30)23(20(31)13-15)34-22(35)9-8-17(25(34)33)24(36)16-7-6-14(28)11-18(16)29/h6-9,11-13,21H,4-5,10,32-33H2,1-3H3. The van der Waals surface area contributed by atoms with Crippen molar-refractivity contribution in [3.63, 3.8) is 0 Å². The molecule has 0 bridgehead atoms. The smallest absolute Gasteiger partial charge is 0.323 e. The number of nitrogen functional groups attached to an aromatic ring is 1. The van der Waals surface area contributed by atoms with Gasteiger partial charge in [-0.25, -0.2) is 17.6 Å². The van der Waals surface area contributed by atoms with Crippen LogP contribution in [0.25, 0.3) is 5.69 Å². The zero-order chi connectivity index (χ0) is 29.1. The summed E-state index contributed by atoms with van der Waals surface area (Å²) in [5, 5.41) is 0. The Hall–Kier alpha value is -4.19. The van der Waals surface area contributed by atoms with Crippen LogP contribution in [0.1, 0.15) is 49.5 Å². The number of esters is 1. The Bertz CT molecular complexity index is 1440. The molecule has 2 aromatic carbocycles. The summed E-state index contributed by atoms with van der Waals surface area (Å²) in [6.07, 6.45) is 0.460. The number of carbonyl (C=O) groups excluding carboxylic acids is 2. The fourth-order valence-electron chi connectivity index (χ4n) is 3.62. The molecule has 0 amide bonds. The number of rotatable bonds is 9. The summed E-state index contributed by atoms with van der Waals surface area (Å²) in [5.41, 5.74) is 8.20. The third-order valence-electron chi connectivity index (χ3n) is 5.40. The van der Waals surface area contributed by atoms with Crippen LogP contribution in [-0.2, 0) is 9.53 Å². The number of aromatic nitrogens is 1. The number of carbonyl (C=O) groups is 2. The quantitative estimate of drug-likeness (QED) is 0.179. The molecule has 1 aromatic heterocycles. The number of anilines is 1. The Balaban J connectivity index is 1.80. The lowest BCUT2D eigenvalue weighted by Gasteiger charge is -2.22. The van der Waals surface area contributed by atoms with E-state index in [0.29, 0.717) is 10.6 Å². The molecule has 0 saturated carbocycles. The van der Waals surface area contributed by atoms with Gasteiger partial charge in [-0.3, -0.25) is 19.0 Å². The lowest BCUT2D eigenvalue weighted by atomic mass is 10.0. The molecule has 0 aliphatic rings. The lowest BCUT2D eigenvalue weighted by molar-refractivity contribution is -0.156. The monoisotopic (exact) mass is 549 g/mol. The van der Waals surface area contributed by atoms with Crippen LogP contribution in [0.2, 0.25) is 0 Å². The van der Waals surface area contributed by atoms with E-state index in [9.17, 15) is 23.2 Å². The number of hydrogen-bond acceptors (Lipinski definition) is 7. The molecule has 8 nitrogen and oxygen atoms in total. The molecule has 4 N–H and O–H groups in total. The van der Waals surface area contributed by atoms with Crippen molar-refractivity contribution in [2.45, 2.75) is 45.3 Å². The topological polar surface area (TPSA) is 127 Å². The number of ether oxygens (including phenoxy) is 2. The van der Waals surface area contributed by atoms with Crippen molar-refractivity contribution in [3.05, 3.63) is 87.2 Å². The highest BCUT2D eigenvalue weighted by Crippen LogP contribution is 2.27. The SMILES string of the molecule is CC(C)(C)OC(=O)C(N)CCCOc1cc(F)c(-n2c(N)c(C(=O)c3ccc(F)cc3F)ccc2=O)c(F)c1. The van der Waals surface area contributed by atoms with Crippen LogP contribution < -0.4 is 21.8 Å². The van der Waals surface area contributed by atoms with Gasteiger partial charge in [0, 0.05) is 24.3 Å². The maximum Gasteiger partial charge on any atom is 0.323 e. The molecule has 208 valence electrons. The van der Waals surface area contributed by atoms with E-state index in [0.717, 1.165) is 36.4 Å². The van der Waals surface area contributed by atoms with Gasteiger partial charge in [-0.05, 0) is 51.8 Å². The molecule has 3 rings (SSSR count). The number of hydrogen-bond donors (Lipinski definition) is 2. The lowest BCUT2D eigenvalue weighted by Crippen LogP contribution is -2.37. The average molecular weight is 550 g/mol. The predicted octanol–water partition coefficient (Wildman–Crippen LogP) is 4.04. The van der Waals surface area contributed by atoms with E-state index in [1.54, 1.807) is 20.8 Å². The van der Waals surface area contributed by atoms with Gasteiger partial charge in [0.2, 0.25) is 0 Å². The number of benzene rings is 2. The number of nitrogens with zero attached hydrogens (tertiary/aromatic N) is 1. The zero-order valence-corrected chi connectivity index (χ0v) is 21.4. The van der Waals surface area contributed by atoms with Crippen LogP contribution in [-0.4, -0.2) is 34.6 Å². The minimum atomic E-state index is -1.23. The van der Waals surface area contributed by atoms with E-state index in [1.807, 2.05) is 0 Å². The molecule has 0 spiro atoms. The van der Waals surface area contributed by atoms with E-state index in [4.69, 9.17) is 20.9 Å². The Morgan fingerprint density at radius 2 is 1.56 bits per heavy atom. The van der Waals surface area contributed by atoms with Crippen molar-refractivity contribution in [2.24, 2.45) is 5.73 Å². The highest BCUT2D eigenvalue weighted by atomic mass is 19.1. The van der Waals surface area contributed by atoms with E-state index in [1.165, 1.54) is 0 Å². The second-order valence-corrected chi connectivity index (χ2v) is 9.63. The van der Waals surface area contributed by atoms with Crippen molar-refractivity contribution in [1.82, 2.24) is 4.57 Å². The average Bonchev–Trinajstić information content (AvgIpc) is 2.82. The summed E-state index contributed by atoms with van der Waals surface area (Å²) in [6, 6.07) is 4.76. The number of pyridine rings is 1. The molecule has 0 radical (unpaired) electrons. The van der Waals surface area contributed by atoms with Crippen molar-refractivity contribution >= 4 is 17.6 Å². The predicted molar refractivity (Wildman–Crippen MR) is 135 cm³/mol. The highest BCUT2D eigenvalue weighted by molar-refractivity contribution is 6.11. The number of ketones is 1. The molecule has 0 aliphatic carbocycles. The molecular formula is C27H27F4N3O5. The van der Waals surface area contributed by atoms with Gasteiger partial charge in [0.05, 0.1) is 17.7 Å². The molecule has 39 heavy (non-hydrogen) atoms. The van der Waals surface area contributed by atoms with Gasteiger partial charge in [0.15, 0.2) is 17.4 Å². The van der Waals surface area contributed by atoms with Crippen LogP contribution in [0.5, 0.6) is 5.75 Å². The van der Waals surface area contributed by atoms with Crippen molar-refractivity contribution in [1.29, 1.82) is 0 Å². The molecular weight excluding hydrogens is 522 g/mol. The largest absolute Gasteiger partial charge is 0.493 e. The summed E-state index contributed by atoms with van der Waals surface area (Å²) < 4.78 is 68.4. The molecule has 0 saturated heterocycles. The first-order chi connectivity index (χ1) is 18.2. The fraction of sp³-hybridized carbons (Fsp3) is 0.296. The first-order valence-corrected chi connectivity index (χ1v) is 11.8. The summed E-state index contributed by atoms with van der Waals surface area (Å²) in [6.45, 7) is 5.07. The van der Waals surface area contributed by atoms with Crippen molar-refractivity contribution in [2.75, 3.05) is 12.3 Å². The Kier molecular flexibility index (Phi) is 8.80. The van der Waals surface area contributed by atoms with Crippen LogP contribution in [0.3, 0.4) is 0 Å². The first kappa shape index (κ1) is 29.4. The second kappa shape index (κ2) is 11.7. The third-order valence-corrected chi connectivity index (χ3v) is 5.40. The summed E-state index contributed by atoms with van der Waals surface area (Å²) in [4.78, 5) is 37.3. The Labute approximate surface area is 221 Å². The Morgan fingerprint density at radius 3 is 2.15 bits per heavy atom. The molecule has 1 unspecified atom stereocenters. The summed E-state index contributed by atoms with van der Waals surface area (Å²) in [5.74, 6) is -7.05. The van der Waals surface area contributed by atoms with Crippen LogP contribution in [0.15, 0.2) is 47.3 Å². The van der Waals surface area contributed by atoms with Gasteiger partial charge in [-0.15, -0.1) is 0 Å². The first-order valence-electron chi connectivity index (χ1n) is 11.8. The van der Waals surface area contributed by atoms with Gasteiger partial charge in [-0.1, -0.05) is 0 Å². The summed E-state index contributed by atoms with van der Waals surface area (Å²) in [7, 11) is 0. The van der Waals surface area contributed by atoms with E-state index >= 15 is 8.78 Å². The van der Waals surface area contributed by atoms with Crippen LogP contribution in [0, 0.1) is 23.3 Å².